The summed E-state index contributed by atoms with van der Waals surface area (Å²) in [6, 6.07) is 0. The first kappa shape index (κ1) is 16.7. The van der Waals surface area contributed by atoms with Gasteiger partial charge in [-0.1, -0.05) is 25.8 Å². The number of hydrogen-bond donors (Lipinski definition) is 0. The minimum Gasteiger partial charge on any atom is -0.469 e. The fraction of sp³-hybridized carbons (Fsp3) is 0.750. The van der Waals surface area contributed by atoms with Gasteiger partial charge in [0, 0.05) is 6.08 Å². The molecular formula is C16H26O4. The van der Waals surface area contributed by atoms with Gasteiger partial charge in [-0.2, -0.15) is 0 Å². The number of carbonyl (C=O) groups is 2. The molecule has 0 aromatic heterocycles. The number of carbonyl (C=O) groups excluding carboxylic acids is 2. The van der Waals surface area contributed by atoms with E-state index in [1.807, 2.05) is 0 Å². The van der Waals surface area contributed by atoms with Gasteiger partial charge in [0.05, 0.1) is 19.6 Å². The Bertz CT molecular complexity index is 316. The average molecular weight is 282 g/mol. The molecule has 0 unspecified atom stereocenters. The molecule has 4 nitrogen and oxygen atoms in total. The van der Waals surface area contributed by atoms with Crippen molar-refractivity contribution in [3.8, 4) is 0 Å². The molecule has 0 bridgehead atoms. The highest BCUT2D eigenvalue weighted by Gasteiger charge is 2.26. The summed E-state index contributed by atoms with van der Waals surface area (Å²) >= 11 is 0. The smallest absolute Gasteiger partial charge is 0.330 e. The predicted octanol–water partition coefficient (Wildman–Crippen LogP) is 3.26. The molecule has 20 heavy (non-hydrogen) atoms. The maximum Gasteiger partial charge on any atom is 0.330 e. The Morgan fingerprint density at radius 1 is 1.15 bits per heavy atom. The van der Waals surface area contributed by atoms with Crippen LogP contribution in [0.5, 0.6) is 0 Å². The van der Waals surface area contributed by atoms with E-state index in [2.05, 4.69) is 6.58 Å². The van der Waals surface area contributed by atoms with E-state index in [4.69, 9.17) is 9.47 Å². The van der Waals surface area contributed by atoms with Crippen molar-refractivity contribution in [2.45, 2.75) is 51.4 Å². The third kappa shape index (κ3) is 6.22. The molecule has 1 fully saturated rings. The molecular weight excluding hydrogens is 256 g/mol. The zero-order valence-corrected chi connectivity index (χ0v) is 12.4. The van der Waals surface area contributed by atoms with Crippen LogP contribution in [0.2, 0.25) is 0 Å². The van der Waals surface area contributed by atoms with Crippen molar-refractivity contribution in [3.05, 3.63) is 12.7 Å². The van der Waals surface area contributed by atoms with Gasteiger partial charge in [-0.05, 0) is 38.0 Å². The summed E-state index contributed by atoms with van der Waals surface area (Å²) in [5.41, 5.74) is 0. The number of hydrogen-bond acceptors (Lipinski definition) is 4. The van der Waals surface area contributed by atoms with Crippen LogP contribution in [0.1, 0.15) is 51.4 Å². The summed E-state index contributed by atoms with van der Waals surface area (Å²) in [4.78, 5) is 22.2. The molecule has 0 heterocycles. The monoisotopic (exact) mass is 282 g/mol. The van der Waals surface area contributed by atoms with Gasteiger partial charge in [0.1, 0.15) is 0 Å². The van der Waals surface area contributed by atoms with Gasteiger partial charge >= 0.3 is 11.9 Å². The van der Waals surface area contributed by atoms with Crippen molar-refractivity contribution in [2.75, 3.05) is 13.7 Å². The molecule has 0 spiro atoms. The first-order valence-corrected chi connectivity index (χ1v) is 7.54. The standard InChI is InChI=1S/C16H26O4/c1-3-15(17)20-12-6-4-5-7-13-8-10-14(11-9-13)16(18)19-2/h3,13-14H,1,4-12H2,2H3. The van der Waals surface area contributed by atoms with E-state index < -0.39 is 0 Å². The van der Waals surface area contributed by atoms with Crippen molar-refractivity contribution in [2.24, 2.45) is 11.8 Å². The topological polar surface area (TPSA) is 52.6 Å². The highest BCUT2D eigenvalue weighted by molar-refractivity contribution is 5.81. The fourth-order valence-electron chi connectivity index (χ4n) is 2.80. The van der Waals surface area contributed by atoms with Crippen LogP contribution in [0.25, 0.3) is 0 Å². The highest BCUT2D eigenvalue weighted by atomic mass is 16.5. The van der Waals surface area contributed by atoms with E-state index in [1.54, 1.807) is 0 Å². The van der Waals surface area contributed by atoms with Crippen molar-refractivity contribution in [1.82, 2.24) is 0 Å². The number of ether oxygens (including phenoxy) is 2. The third-order valence-corrected chi connectivity index (χ3v) is 4.05. The minimum atomic E-state index is -0.342. The Hall–Kier alpha value is -1.32. The van der Waals surface area contributed by atoms with Crippen LogP contribution in [0.3, 0.4) is 0 Å². The van der Waals surface area contributed by atoms with E-state index in [0.29, 0.717) is 6.61 Å². The molecule has 0 saturated heterocycles. The Balaban J connectivity index is 2.00. The number of methoxy groups -OCH3 is 1. The van der Waals surface area contributed by atoms with Crippen molar-refractivity contribution in [1.29, 1.82) is 0 Å². The fourth-order valence-corrected chi connectivity index (χ4v) is 2.80. The molecule has 0 aliphatic heterocycles. The maximum absolute atomic E-state index is 11.4. The number of unbranched alkanes of at least 4 members (excludes halogenated alkanes) is 2. The molecule has 0 radical (unpaired) electrons. The number of esters is 2. The molecule has 0 amide bonds. The Morgan fingerprint density at radius 2 is 1.85 bits per heavy atom. The van der Waals surface area contributed by atoms with E-state index in [0.717, 1.165) is 44.4 Å². The quantitative estimate of drug-likeness (QED) is 0.389. The van der Waals surface area contributed by atoms with Crippen LogP contribution >= 0.6 is 0 Å². The lowest BCUT2D eigenvalue weighted by Gasteiger charge is -2.26. The molecule has 0 N–H and O–H groups in total. The summed E-state index contributed by atoms with van der Waals surface area (Å²) in [5.74, 6) is 0.472. The molecule has 4 heteroatoms. The van der Waals surface area contributed by atoms with E-state index >= 15 is 0 Å². The zero-order chi connectivity index (χ0) is 14.8. The maximum atomic E-state index is 11.4. The molecule has 114 valence electrons. The predicted molar refractivity (Wildman–Crippen MR) is 77.1 cm³/mol. The Morgan fingerprint density at radius 3 is 2.45 bits per heavy atom. The van der Waals surface area contributed by atoms with Gasteiger partial charge in [0.2, 0.25) is 0 Å². The second-order valence-corrected chi connectivity index (χ2v) is 5.46. The van der Waals surface area contributed by atoms with Crippen LogP contribution in [0, 0.1) is 11.8 Å². The number of rotatable bonds is 8. The third-order valence-electron chi connectivity index (χ3n) is 4.05. The molecule has 0 atom stereocenters. The molecule has 0 aromatic carbocycles. The van der Waals surface area contributed by atoms with Crippen LogP contribution in [-0.4, -0.2) is 25.7 Å². The van der Waals surface area contributed by atoms with Gasteiger partial charge in [0.15, 0.2) is 0 Å². The van der Waals surface area contributed by atoms with E-state index in [-0.39, 0.29) is 17.9 Å². The van der Waals surface area contributed by atoms with E-state index in [9.17, 15) is 9.59 Å². The van der Waals surface area contributed by atoms with Gasteiger partial charge in [0.25, 0.3) is 0 Å². The first-order chi connectivity index (χ1) is 9.67. The van der Waals surface area contributed by atoms with Crippen LogP contribution in [-0.2, 0) is 19.1 Å². The Kier molecular flexibility index (Phi) is 8.00. The highest BCUT2D eigenvalue weighted by Crippen LogP contribution is 2.32. The second kappa shape index (κ2) is 9.56. The SMILES string of the molecule is C=CC(=O)OCCCCCC1CCC(C(=O)OC)CC1. The van der Waals surface area contributed by atoms with Crippen LogP contribution in [0.15, 0.2) is 12.7 Å². The first-order valence-electron chi connectivity index (χ1n) is 7.54. The normalized spacial score (nSPS) is 22.1. The molecule has 0 aromatic rings. The van der Waals surface area contributed by atoms with Crippen LogP contribution < -0.4 is 0 Å². The van der Waals surface area contributed by atoms with Gasteiger partial charge in [-0.3, -0.25) is 4.79 Å². The van der Waals surface area contributed by atoms with Gasteiger partial charge < -0.3 is 9.47 Å². The summed E-state index contributed by atoms with van der Waals surface area (Å²) in [5, 5.41) is 0. The zero-order valence-electron chi connectivity index (χ0n) is 12.4. The molecule has 1 aliphatic carbocycles. The van der Waals surface area contributed by atoms with Crippen molar-refractivity contribution >= 4 is 11.9 Å². The lowest BCUT2D eigenvalue weighted by molar-refractivity contribution is -0.146. The van der Waals surface area contributed by atoms with Gasteiger partial charge in [-0.25, -0.2) is 4.79 Å². The second-order valence-electron chi connectivity index (χ2n) is 5.46. The largest absolute Gasteiger partial charge is 0.469 e. The van der Waals surface area contributed by atoms with Crippen molar-refractivity contribution in [3.63, 3.8) is 0 Å². The summed E-state index contributed by atoms with van der Waals surface area (Å²) in [6.07, 6.45) is 9.76. The Labute approximate surface area is 121 Å². The summed E-state index contributed by atoms with van der Waals surface area (Å²) in [6.45, 7) is 3.84. The summed E-state index contributed by atoms with van der Waals surface area (Å²) < 4.78 is 9.72. The molecule has 1 saturated carbocycles. The lowest BCUT2D eigenvalue weighted by atomic mass is 9.80. The molecule has 1 aliphatic rings. The van der Waals surface area contributed by atoms with Crippen LogP contribution in [0.4, 0.5) is 0 Å². The van der Waals surface area contributed by atoms with Gasteiger partial charge in [-0.15, -0.1) is 0 Å². The summed E-state index contributed by atoms with van der Waals surface area (Å²) in [7, 11) is 1.47. The minimum absolute atomic E-state index is 0.0486. The van der Waals surface area contributed by atoms with Crippen molar-refractivity contribution < 1.29 is 19.1 Å². The lowest BCUT2D eigenvalue weighted by Crippen LogP contribution is -2.22. The average Bonchev–Trinajstić information content (AvgIpc) is 2.50. The van der Waals surface area contributed by atoms with E-state index in [1.165, 1.54) is 26.0 Å². The molecule has 1 rings (SSSR count).